The molecule has 2 fully saturated rings. The van der Waals surface area contributed by atoms with Crippen LogP contribution in [0.2, 0.25) is 0 Å². The van der Waals surface area contributed by atoms with Crippen molar-refractivity contribution in [1.29, 1.82) is 0 Å². The van der Waals surface area contributed by atoms with E-state index in [1.165, 1.54) is 51.4 Å². The summed E-state index contributed by atoms with van der Waals surface area (Å²) in [4.78, 5) is 0. The van der Waals surface area contributed by atoms with Crippen LogP contribution in [0.4, 0.5) is 0 Å². The highest BCUT2D eigenvalue weighted by Gasteiger charge is 2.29. The predicted molar refractivity (Wildman–Crippen MR) is 64.3 cm³/mol. The molecule has 0 saturated heterocycles. The summed E-state index contributed by atoms with van der Waals surface area (Å²) in [7, 11) is 0. The van der Waals surface area contributed by atoms with Gasteiger partial charge in [0.1, 0.15) is 0 Å². The molecule has 0 aromatic rings. The lowest BCUT2D eigenvalue weighted by atomic mass is 9.75. The molecular weight excluding hydrogens is 184 g/mol. The van der Waals surface area contributed by atoms with Crippen molar-refractivity contribution < 1.29 is 0 Å². The summed E-state index contributed by atoms with van der Waals surface area (Å²) in [6.07, 6.45) is 13.4. The number of hydrogen-bond donors (Lipinski definition) is 2. The van der Waals surface area contributed by atoms with Gasteiger partial charge in [-0.2, -0.15) is 0 Å². The lowest BCUT2D eigenvalue weighted by Crippen LogP contribution is -2.51. The van der Waals surface area contributed by atoms with Gasteiger partial charge in [-0.25, -0.2) is 0 Å². The van der Waals surface area contributed by atoms with Gasteiger partial charge in [0.15, 0.2) is 0 Å². The van der Waals surface area contributed by atoms with Gasteiger partial charge in [-0.05, 0) is 43.9 Å². The van der Waals surface area contributed by atoms with Crippen molar-refractivity contribution in [3.8, 4) is 0 Å². The standard InChI is InChI=1S/C13H26N2/c14-13(15)8-6-12(7-9-13)10-11-4-2-1-3-5-11/h11-12H,1-10,14-15H2. The third-order valence-corrected chi connectivity index (χ3v) is 4.43. The molecule has 2 aliphatic carbocycles. The van der Waals surface area contributed by atoms with Crippen LogP contribution in [0.3, 0.4) is 0 Å². The van der Waals surface area contributed by atoms with Crippen molar-refractivity contribution in [3.05, 3.63) is 0 Å². The zero-order chi connectivity index (χ0) is 10.7. The van der Waals surface area contributed by atoms with Crippen LogP contribution in [0.25, 0.3) is 0 Å². The van der Waals surface area contributed by atoms with Gasteiger partial charge in [-0.3, -0.25) is 0 Å². The van der Waals surface area contributed by atoms with Gasteiger partial charge in [0.25, 0.3) is 0 Å². The molecule has 2 aliphatic rings. The van der Waals surface area contributed by atoms with Crippen molar-refractivity contribution in [2.75, 3.05) is 0 Å². The summed E-state index contributed by atoms with van der Waals surface area (Å²) < 4.78 is 0. The minimum Gasteiger partial charge on any atom is -0.313 e. The Labute approximate surface area is 93.8 Å². The van der Waals surface area contributed by atoms with E-state index in [1.807, 2.05) is 0 Å². The van der Waals surface area contributed by atoms with Gasteiger partial charge in [-0.15, -0.1) is 0 Å². The summed E-state index contributed by atoms with van der Waals surface area (Å²) >= 11 is 0. The molecule has 0 aromatic carbocycles. The first kappa shape index (κ1) is 11.4. The molecule has 2 rings (SSSR count). The first-order valence-corrected chi connectivity index (χ1v) is 6.73. The molecular formula is C13H26N2. The third kappa shape index (κ3) is 3.46. The molecule has 0 unspecified atom stereocenters. The highest BCUT2D eigenvalue weighted by Crippen LogP contribution is 2.36. The van der Waals surface area contributed by atoms with E-state index in [0.29, 0.717) is 0 Å². The van der Waals surface area contributed by atoms with Crippen molar-refractivity contribution in [3.63, 3.8) is 0 Å². The van der Waals surface area contributed by atoms with Crippen LogP contribution in [0.1, 0.15) is 64.2 Å². The zero-order valence-corrected chi connectivity index (χ0v) is 9.88. The van der Waals surface area contributed by atoms with E-state index in [-0.39, 0.29) is 5.66 Å². The SMILES string of the molecule is NC1(N)CCC(CC2CCCCC2)CC1. The van der Waals surface area contributed by atoms with E-state index in [0.717, 1.165) is 24.7 Å². The van der Waals surface area contributed by atoms with E-state index in [9.17, 15) is 0 Å². The number of nitrogens with two attached hydrogens (primary N) is 2. The fourth-order valence-corrected chi connectivity index (χ4v) is 3.34. The third-order valence-electron chi connectivity index (χ3n) is 4.43. The Morgan fingerprint density at radius 3 is 1.93 bits per heavy atom. The largest absolute Gasteiger partial charge is 0.313 e. The van der Waals surface area contributed by atoms with E-state index in [1.54, 1.807) is 0 Å². The molecule has 2 saturated carbocycles. The summed E-state index contributed by atoms with van der Waals surface area (Å²) in [5, 5.41) is 0. The highest BCUT2D eigenvalue weighted by atomic mass is 15.0. The minimum absolute atomic E-state index is 0.344. The molecule has 0 heterocycles. The number of rotatable bonds is 2. The fraction of sp³-hybridized carbons (Fsp3) is 1.00. The molecule has 15 heavy (non-hydrogen) atoms. The Hall–Kier alpha value is -0.0800. The smallest absolute Gasteiger partial charge is 0.0636 e. The minimum atomic E-state index is -0.344. The first-order chi connectivity index (χ1) is 7.16. The molecule has 0 radical (unpaired) electrons. The molecule has 0 aromatic heterocycles. The van der Waals surface area contributed by atoms with Crippen molar-refractivity contribution >= 4 is 0 Å². The van der Waals surface area contributed by atoms with Crippen molar-refractivity contribution in [1.82, 2.24) is 0 Å². The summed E-state index contributed by atoms with van der Waals surface area (Å²) in [6, 6.07) is 0. The average Bonchev–Trinajstić information content (AvgIpc) is 2.23. The molecule has 0 aliphatic heterocycles. The van der Waals surface area contributed by atoms with Crippen LogP contribution in [-0.2, 0) is 0 Å². The Kier molecular flexibility index (Phi) is 3.68. The lowest BCUT2D eigenvalue weighted by Gasteiger charge is -2.36. The quantitative estimate of drug-likeness (QED) is 0.689. The Morgan fingerprint density at radius 1 is 0.800 bits per heavy atom. The molecule has 0 bridgehead atoms. The van der Waals surface area contributed by atoms with Gasteiger partial charge >= 0.3 is 0 Å². The van der Waals surface area contributed by atoms with Gasteiger partial charge in [0, 0.05) is 0 Å². The Bertz CT molecular complexity index is 185. The molecule has 0 spiro atoms. The van der Waals surface area contributed by atoms with E-state index < -0.39 is 0 Å². The van der Waals surface area contributed by atoms with Crippen LogP contribution >= 0.6 is 0 Å². The average molecular weight is 210 g/mol. The maximum absolute atomic E-state index is 5.95. The van der Waals surface area contributed by atoms with E-state index >= 15 is 0 Å². The molecule has 0 atom stereocenters. The van der Waals surface area contributed by atoms with Crippen molar-refractivity contribution in [2.24, 2.45) is 23.3 Å². The lowest BCUT2D eigenvalue weighted by molar-refractivity contribution is 0.193. The van der Waals surface area contributed by atoms with Crippen LogP contribution in [0.15, 0.2) is 0 Å². The summed E-state index contributed by atoms with van der Waals surface area (Å²) in [5.74, 6) is 1.94. The van der Waals surface area contributed by atoms with Crippen LogP contribution in [0, 0.1) is 11.8 Å². The predicted octanol–water partition coefficient (Wildman–Crippen LogP) is 2.76. The molecule has 2 heteroatoms. The van der Waals surface area contributed by atoms with Crippen molar-refractivity contribution in [2.45, 2.75) is 69.9 Å². The second-order valence-corrected chi connectivity index (χ2v) is 5.92. The second-order valence-electron chi connectivity index (χ2n) is 5.92. The molecule has 0 amide bonds. The van der Waals surface area contributed by atoms with E-state index in [2.05, 4.69) is 0 Å². The van der Waals surface area contributed by atoms with Crippen LogP contribution in [0.5, 0.6) is 0 Å². The maximum atomic E-state index is 5.95. The molecule has 2 nitrogen and oxygen atoms in total. The van der Waals surface area contributed by atoms with Gasteiger partial charge in [-0.1, -0.05) is 32.1 Å². The maximum Gasteiger partial charge on any atom is 0.0636 e. The second kappa shape index (κ2) is 4.84. The summed E-state index contributed by atoms with van der Waals surface area (Å²) in [5.41, 5.74) is 11.6. The summed E-state index contributed by atoms with van der Waals surface area (Å²) in [6.45, 7) is 0. The monoisotopic (exact) mass is 210 g/mol. The van der Waals surface area contributed by atoms with Crippen LogP contribution in [-0.4, -0.2) is 5.66 Å². The van der Waals surface area contributed by atoms with E-state index in [4.69, 9.17) is 11.5 Å². The van der Waals surface area contributed by atoms with Gasteiger partial charge < -0.3 is 11.5 Å². The van der Waals surface area contributed by atoms with Gasteiger partial charge in [0.2, 0.25) is 0 Å². The van der Waals surface area contributed by atoms with Gasteiger partial charge in [0.05, 0.1) is 5.66 Å². The normalized spacial score (nSPS) is 29.2. The first-order valence-electron chi connectivity index (χ1n) is 6.73. The Balaban J connectivity index is 1.71. The highest BCUT2D eigenvalue weighted by molar-refractivity contribution is 4.85. The number of hydrogen-bond acceptors (Lipinski definition) is 2. The fourth-order valence-electron chi connectivity index (χ4n) is 3.34. The zero-order valence-electron chi connectivity index (χ0n) is 9.88. The molecule has 88 valence electrons. The Morgan fingerprint density at radius 2 is 1.33 bits per heavy atom. The topological polar surface area (TPSA) is 52.0 Å². The molecule has 4 N–H and O–H groups in total. The van der Waals surface area contributed by atoms with Crippen LogP contribution < -0.4 is 11.5 Å².